The van der Waals surface area contributed by atoms with Gasteiger partial charge in [-0.25, -0.2) is 0 Å². The Morgan fingerprint density at radius 3 is 2.58 bits per heavy atom. The van der Waals surface area contributed by atoms with Gasteiger partial charge >= 0.3 is 0 Å². The maximum absolute atomic E-state index is 12.2. The first-order chi connectivity index (χ1) is 8.83. The molecule has 4 nitrogen and oxygen atoms in total. The van der Waals surface area contributed by atoms with Gasteiger partial charge in [0.05, 0.1) is 6.04 Å². The third-order valence-electron chi connectivity index (χ3n) is 4.54. The lowest BCUT2D eigenvalue weighted by Crippen LogP contribution is -2.46. The lowest BCUT2D eigenvalue weighted by molar-refractivity contribution is -0.125. The van der Waals surface area contributed by atoms with E-state index in [1.54, 1.807) is 0 Å². The zero-order valence-electron chi connectivity index (χ0n) is 11.6. The normalized spacial score (nSPS) is 28.9. The minimum absolute atomic E-state index is 0. The fraction of sp³-hybridized carbons (Fsp3) is 0.929. The number of carbonyl (C=O) groups is 1. The van der Waals surface area contributed by atoms with E-state index in [4.69, 9.17) is 0 Å². The largest absolute Gasteiger partial charge is 0.352 e. The third-order valence-corrected chi connectivity index (χ3v) is 4.54. The van der Waals surface area contributed by atoms with Crippen LogP contribution in [0.2, 0.25) is 0 Å². The number of likely N-dealkylation sites (tertiary alicyclic amines) is 1. The van der Waals surface area contributed by atoms with Gasteiger partial charge in [-0.2, -0.15) is 0 Å². The minimum Gasteiger partial charge on any atom is -0.352 e. The van der Waals surface area contributed by atoms with E-state index in [2.05, 4.69) is 15.5 Å². The SMILES string of the molecule is Cl.O=C(NC1CC1)C1CCCN1CC1CCNCC1. The van der Waals surface area contributed by atoms with E-state index >= 15 is 0 Å². The molecule has 0 aromatic carbocycles. The maximum Gasteiger partial charge on any atom is 0.237 e. The van der Waals surface area contributed by atoms with Crippen molar-refractivity contribution in [1.29, 1.82) is 0 Å². The highest BCUT2D eigenvalue weighted by Gasteiger charge is 2.34. The number of hydrogen-bond donors (Lipinski definition) is 2. The third kappa shape index (κ3) is 4.07. The van der Waals surface area contributed by atoms with Crippen LogP contribution in [-0.4, -0.2) is 49.1 Å². The monoisotopic (exact) mass is 287 g/mol. The minimum atomic E-state index is 0. The second kappa shape index (κ2) is 6.91. The van der Waals surface area contributed by atoms with Gasteiger partial charge in [0.15, 0.2) is 0 Å². The van der Waals surface area contributed by atoms with E-state index in [0.717, 1.165) is 38.5 Å². The van der Waals surface area contributed by atoms with Crippen LogP contribution in [0.4, 0.5) is 0 Å². The molecule has 5 heteroatoms. The number of amides is 1. The van der Waals surface area contributed by atoms with E-state index in [9.17, 15) is 4.79 Å². The van der Waals surface area contributed by atoms with Gasteiger partial charge in [0, 0.05) is 12.6 Å². The zero-order chi connectivity index (χ0) is 12.4. The predicted octanol–water partition coefficient (Wildman–Crippen LogP) is 1.15. The molecule has 110 valence electrons. The summed E-state index contributed by atoms with van der Waals surface area (Å²) in [6.07, 6.45) is 7.16. The Hall–Kier alpha value is -0.320. The van der Waals surface area contributed by atoms with Crippen molar-refractivity contribution in [3.63, 3.8) is 0 Å². The molecule has 2 aliphatic heterocycles. The van der Waals surface area contributed by atoms with Gasteiger partial charge in [0.1, 0.15) is 0 Å². The van der Waals surface area contributed by atoms with Crippen molar-refractivity contribution in [2.75, 3.05) is 26.2 Å². The number of rotatable bonds is 4. The van der Waals surface area contributed by atoms with Gasteiger partial charge < -0.3 is 10.6 Å². The highest BCUT2D eigenvalue weighted by molar-refractivity contribution is 5.85. The number of halogens is 1. The summed E-state index contributed by atoms with van der Waals surface area (Å²) in [5, 5.41) is 6.58. The summed E-state index contributed by atoms with van der Waals surface area (Å²) in [6, 6.07) is 0.666. The average molecular weight is 288 g/mol. The molecule has 2 saturated heterocycles. The Morgan fingerprint density at radius 2 is 1.89 bits per heavy atom. The lowest BCUT2D eigenvalue weighted by atomic mass is 9.97. The summed E-state index contributed by atoms with van der Waals surface area (Å²) in [6.45, 7) is 4.55. The highest BCUT2D eigenvalue weighted by atomic mass is 35.5. The van der Waals surface area contributed by atoms with Crippen LogP contribution >= 0.6 is 12.4 Å². The molecule has 3 rings (SSSR count). The molecule has 1 atom stereocenters. The molecule has 0 bridgehead atoms. The van der Waals surface area contributed by atoms with E-state index in [1.165, 1.54) is 32.1 Å². The zero-order valence-corrected chi connectivity index (χ0v) is 12.4. The molecular weight excluding hydrogens is 262 g/mol. The first-order valence-corrected chi connectivity index (χ1v) is 7.58. The first kappa shape index (κ1) is 15.1. The Bertz CT molecular complexity index is 303. The van der Waals surface area contributed by atoms with Crippen LogP contribution in [-0.2, 0) is 4.79 Å². The Kier molecular flexibility index (Phi) is 5.48. The van der Waals surface area contributed by atoms with Crippen LogP contribution < -0.4 is 10.6 Å². The second-order valence-electron chi connectivity index (χ2n) is 6.13. The number of carbonyl (C=O) groups excluding carboxylic acids is 1. The molecule has 2 heterocycles. The van der Waals surface area contributed by atoms with Crippen molar-refractivity contribution in [2.45, 2.75) is 50.6 Å². The fourth-order valence-electron chi connectivity index (χ4n) is 3.26. The van der Waals surface area contributed by atoms with Crippen molar-refractivity contribution in [2.24, 2.45) is 5.92 Å². The summed E-state index contributed by atoms with van der Waals surface area (Å²) in [5.41, 5.74) is 0. The number of nitrogens with one attached hydrogen (secondary N) is 2. The first-order valence-electron chi connectivity index (χ1n) is 7.58. The summed E-state index contributed by atoms with van der Waals surface area (Å²) in [5.74, 6) is 1.09. The summed E-state index contributed by atoms with van der Waals surface area (Å²) in [7, 11) is 0. The van der Waals surface area contributed by atoms with Crippen molar-refractivity contribution in [3.8, 4) is 0 Å². The molecule has 0 spiro atoms. The smallest absolute Gasteiger partial charge is 0.237 e. The molecular formula is C14H26ClN3O. The molecule has 1 aliphatic carbocycles. The molecule has 0 aromatic rings. The van der Waals surface area contributed by atoms with Crippen LogP contribution in [0.15, 0.2) is 0 Å². The van der Waals surface area contributed by atoms with Crippen LogP contribution in [0.25, 0.3) is 0 Å². The van der Waals surface area contributed by atoms with Gasteiger partial charge in [0.2, 0.25) is 5.91 Å². The average Bonchev–Trinajstić information content (AvgIpc) is 3.07. The molecule has 1 unspecified atom stereocenters. The second-order valence-corrected chi connectivity index (χ2v) is 6.13. The number of piperidine rings is 1. The van der Waals surface area contributed by atoms with Gasteiger partial charge in [-0.15, -0.1) is 12.4 Å². The molecule has 0 radical (unpaired) electrons. The Morgan fingerprint density at radius 1 is 1.16 bits per heavy atom. The van der Waals surface area contributed by atoms with Crippen LogP contribution in [0.1, 0.15) is 38.5 Å². The molecule has 1 saturated carbocycles. The van der Waals surface area contributed by atoms with Crippen molar-refractivity contribution in [1.82, 2.24) is 15.5 Å². The van der Waals surface area contributed by atoms with Crippen LogP contribution in [0.3, 0.4) is 0 Å². The molecule has 3 aliphatic rings. The standard InChI is InChI=1S/C14H25N3O.ClH/c18-14(16-12-3-4-12)13-2-1-9-17(13)10-11-5-7-15-8-6-11;/h11-13,15H,1-10H2,(H,16,18);1H. The molecule has 3 fully saturated rings. The summed E-state index contributed by atoms with van der Waals surface area (Å²) < 4.78 is 0. The predicted molar refractivity (Wildman–Crippen MR) is 78.6 cm³/mol. The van der Waals surface area contributed by atoms with Crippen LogP contribution in [0.5, 0.6) is 0 Å². The van der Waals surface area contributed by atoms with E-state index in [0.29, 0.717) is 11.9 Å². The quantitative estimate of drug-likeness (QED) is 0.815. The van der Waals surface area contributed by atoms with Crippen molar-refractivity contribution in [3.05, 3.63) is 0 Å². The molecule has 2 N–H and O–H groups in total. The lowest BCUT2D eigenvalue weighted by Gasteiger charge is -2.30. The molecule has 19 heavy (non-hydrogen) atoms. The topological polar surface area (TPSA) is 44.4 Å². The molecule has 1 amide bonds. The van der Waals surface area contributed by atoms with E-state index in [1.807, 2.05) is 0 Å². The van der Waals surface area contributed by atoms with Crippen LogP contribution in [0, 0.1) is 5.92 Å². The summed E-state index contributed by atoms with van der Waals surface area (Å²) >= 11 is 0. The van der Waals surface area contributed by atoms with Crippen molar-refractivity contribution < 1.29 is 4.79 Å². The number of nitrogens with zero attached hydrogens (tertiary/aromatic N) is 1. The Labute approximate surface area is 122 Å². The van der Waals surface area contributed by atoms with Gasteiger partial charge in [0.25, 0.3) is 0 Å². The summed E-state index contributed by atoms with van der Waals surface area (Å²) in [4.78, 5) is 14.6. The van der Waals surface area contributed by atoms with Crippen molar-refractivity contribution >= 4 is 18.3 Å². The Balaban J connectivity index is 0.00000133. The maximum atomic E-state index is 12.2. The number of hydrogen-bond acceptors (Lipinski definition) is 3. The van der Waals surface area contributed by atoms with Gasteiger partial charge in [-0.3, -0.25) is 9.69 Å². The van der Waals surface area contributed by atoms with Gasteiger partial charge in [-0.05, 0) is 64.1 Å². The van der Waals surface area contributed by atoms with E-state index < -0.39 is 0 Å². The molecule has 0 aromatic heterocycles. The van der Waals surface area contributed by atoms with E-state index in [-0.39, 0.29) is 18.4 Å². The fourth-order valence-corrected chi connectivity index (χ4v) is 3.26. The highest BCUT2D eigenvalue weighted by Crippen LogP contribution is 2.24. The van der Waals surface area contributed by atoms with Gasteiger partial charge in [-0.1, -0.05) is 0 Å².